The van der Waals surface area contributed by atoms with Crippen molar-refractivity contribution >= 4 is 0 Å². The highest BCUT2D eigenvalue weighted by molar-refractivity contribution is 4.83. The van der Waals surface area contributed by atoms with Crippen molar-refractivity contribution in [2.45, 2.75) is 37.8 Å². The van der Waals surface area contributed by atoms with Crippen molar-refractivity contribution in [3.8, 4) is 0 Å². The zero-order chi connectivity index (χ0) is 9.14. The smallest absolute Gasteiger partial charge is 0.109 e. The summed E-state index contributed by atoms with van der Waals surface area (Å²) in [5.74, 6) is 0. The van der Waals surface area contributed by atoms with Crippen LogP contribution in [0.1, 0.15) is 13.3 Å². The highest BCUT2D eigenvalue weighted by Gasteiger charge is 2.34. The average Bonchev–Trinajstić information content (AvgIpc) is 2.03. The molecular weight excluding hydrogens is 160 g/mol. The molecule has 0 spiro atoms. The first-order valence-electron chi connectivity index (χ1n) is 4.16. The number of aliphatic hydroxyl groups is 2. The van der Waals surface area contributed by atoms with Gasteiger partial charge in [0, 0.05) is 13.5 Å². The van der Waals surface area contributed by atoms with Gasteiger partial charge in [0.05, 0.1) is 24.9 Å². The fourth-order valence-corrected chi connectivity index (χ4v) is 1.62. The Labute approximate surface area is 72.1 Å². The Hall–Kier alpha value is -0.160. The lowest BCUT2D eigenvalue weighted by Crippen LogP contribution is -2.48. The summed E-state index contributed by atoms with van der Waals surface area (Å²) in [5.41, 5.74) is 0. The Morgan fingerprint density at radius 3 is 2.67 bits per heavy atom. The Balaban J connectivity index is 2.51. The lowest BCUT2D eigenvalue weighted by atomic mass is 9.99. The highest BCUT2D eigenvalue weighted by Crippen LogP contribution is 2.21. The van der Waals surface area contributed by atoms with Crippen LogP contribution >= 0.6 is 0 Å². The van der Waals surface area contributed by atoms with Gasteiger partial charge in [-0.2, -0.15) is 0 Å². The van der Waals surface area contributed by atoms with Crippen LogP contribution in [0.2, 0.25) is 0 Å². The Morgan fingerprint density at radius 2 is 2.25 bits per heavy atom. The molecule has 1 heterocycles. The van der Waals surface area contributed by atoms with Crippen LogP contribution in [-0.4, -0.2) is 48.3 Å². The zero-order valence-electron chi connectivity index (χ0n) is 7.43. The largest absolute Gasteiger partial charge is 0.394 e. The average molecular weight is 176 g/mol. The summed E-state index contributed by atoms with van der Waals surface area (Å²) in [6.07, 6.45) is -0.764. The van der Waals surface area contributed by atoms with Crippen LogP contribution in [-0.2, 0) is 9.47 Å². The number of rotatable bonds is 2. The summed E-state index contributed by atoms with van der Waals surface area (Å²) >= 11 is 0. The maximum atomic E-state index is 9.52. The van der Waals surface area contributed by atoms with Crippen LogP contribution in [0.4, 0.5) is 0 Å². The molecule has 0 aromatic rings. The molecule has 0 bridgehead atoms. The van der Waals surface area contributed by atoms with Gasteiger partial charge in [-0.1, -0.05) is 0 Å². The monoisotopic (exact) mass is 176 g/mol. The molecule has 2 N–H and O–H groups in total. The standard InChI is InChI=1S/C8H16O4/c1-5-8(11-2)7(10)3-6(4-9)12-5/h5-10H,3-4H2,1-2H3/t5-,6-,7?,8?/m0/s1. The molecule has 4 nitrogen and oxygen atoms in total. The fourth-order valence-electron chi connectivity index (χ4n) is 1.62. The molecule has 1 saturated heterocycles. The Bertz CT molecular complexity index is 127. The van der Waals surface area contributed by atoms with Crippen molar-refractivity contribution in [1.29, 1.82) is 0 Å². The van der Waals surface area contributed by atoms with Gasteiger partial charge in [-0.15, -0.1) is 0 Å². The van der Waals surface area contributed by atoms with E-state index in [9.17, 15) is 5.11 Å². The molecule has 4 atom stereocenters. The van der Waals surface area contributed by atoms with Gasteiger partial charge in [-0.05, 0) is 6.92 Å². The van der Waals surface area contributed by atoms with E-state index in [1.54, 1.807) is 7.11 Å². The predicted octanol–water partition coefficient (Wildman–Crippen LogP) is -0.468. The van der Waals surface area contributed by atoms with Gasteiger partial charge in [-0.25, -0.2) is 0 Å². The van der Waals surface area contributed by atoms with Gasteiger partial charge in [0.1, 0.15) is 6.10 Å². The van der Waals surface area contributed by atoms with Crippen molar-refractivity contribution in [1.82, 2.24) is 0 Å². The van der Waals surface area contributed by atoms with Gasteiger partial charge in [-0.3, -0.25) is 0 Å². The van der Waals surface area contributed by atoms with Crippen LogP contribution in [0.15, 0.2) is 0 Å². The maximum Gasteiger partial charge on any atom is 0.109 e. The third-order valence-electron chi connectivity index (χ3n) is 2.23. The molecule has 1 aliphatic heterocycles. The lowest BCUT2D eigenvalue weighted by molar-refractivity contribution is -0.180. The second-order valence-electron chi connectivity index (χ2n) is 3.15. The molecule has 1 rings (SSSR count). The second-order valence-corrected chi connectivity index (χ2v) is 3.15. The zero-order valence-corrected chi connectivity index (χ0v) is 7.43. The summed E-state index contributed by atoms with van der Waals surface area (Å²) in [6, 6.07) is 0. The number of hydrogen-bond donors (Lipinski definition) is 2. The van der Waals surface area contributed by atoms with E-state index in [1.165, 1.54) is 0 Å². The SMILES string of the molecule is COC1C(O)C[C@@H](CO)O[C@H]1C. The molecule has 2 unspecified atom stereocenters. The Kier molecular flexibility index (Phi) is 3.46. The predicted molar refractivity (Wildman–Crippen MR) is 42.8 cm³/mol. The van der Waals surface area contributed by atoms with E-state index in [1.807, 2.05) is 6.92 Å². The van der Waals surface area contributed by atoms with Crippen molar-refractivity contribution < 1.29 is 19.7 Å². The van der Waals surface area contributed by atoms with Crippen molar-refractivity contribution in [2.24, 2.45) is 0 Å². The van der Waals surface area contributed by atoms with E-state index in [0.717, 1.165) is 0 Å². The van der Waals surface area contributed by atoms with Gasteiger partial charge in [0.25, 0.3) is 0 Å². The molecule has 0 aromatic heterocycles. The fraction of sp³-hybridized carbons (Fsp3) is 1.00. The summed E-state index contributed by atoms with van der Waals surface area (Å²) in [6.45, 7) is 1.79. The van der Waals surface area contributed by atoms with Crippen LogP contribution in [0.3, 0.4) is 0 Å². The van der Waals surface area contributed by atoms with Gasteiger partial charge < -0.3 is 19.7 Å². The lowest BCUT2D eigenvalue weighted by Gasteiger charge is -2.36. The summed E-state index contributed by atoms with van der Waals surface area (Å²) in [7, 11) is 1.55. The van der Waals surface area contributed by atoms with Crippen LogP contribution in [0, 0.1) is 0 Å². The first kappa shape index (κ1) is 9.92. The van der Waals surface area contributed by atoms with E-state index in [-0.39, 0.29) is 24.9 Å². The molecule has 1 aliphatic rings. The number of aliphatic hydroxyl groups excluding tert-OH is 2. The highest BCUT2D eigenvalue weighted by atomic mass is 16.6. The summed E-state index contributed by atoms with van der Waals surface area (Å²) < 4.78 is 10.4. The first-order valence-corrected chi connectivity index (χ1v) is 4.16. The molecule has 0 aliphatic carbocycles. The van der Waals surface area contributed by atoms with Crippen LogP contribution < -0.4 is 0 Å². The van der Waals surface area contributed by atoms with E-state index >= 15 is 0 Å². The van der Waals surface area contributed by atoms with Gasteiger partial charge >= 0.3 is 0 Å². The van der Waals surface area contributed by atoms with Crippen molar-refractivity contribution in [2.75, 3.05) is 13.7 Å². The number of ether oxygens (including phenoxy) is 2. The number of hydrogen-bond acceptors (Lipinski definition) is 4. The molecule has 0 amide bonds. The quantitative estimate of drug-likeness (QED) is 0.597. The molecule has 1 fully saturated rings. The molecule has 0 saturated carbocycles. The van der Waals surface area contributed by atoms with E-state index in [4.69, 9.17) is 14.6 Å². The first-order chi connectivity index (χ1) is 5.69. The topological polar surface area (TPSA) is 58.9 Å². The molecule has 0 radical (unpaired) electrons. The van der Waals surface area contributed by atoms with E-state index in [2.05, 4.69) is 0 Å². The molecular formula is C8H16O4. The van der Waals surface area contributed by atoms with Crippen LogP contribution in [0.5, 0.6) is 0 Å². The normalized spacial score (nSPS) is 43.0. The van der Waals surface area contributed by atoms with Crippen molar-refractivity contribution in [3.05, 3.63) is 0 Å². The van der Waals surface area contributed by atoms with Crippen LogP contribution in [0.25, 0.3) is 0 Å². The van der Waals surface area contributed by atoms with E-state index < -0.39 is 6.10 Å². The number of methoxy groups -OCH3 is 1. The minimum atomic E-state index is -0.532. The molecule has 72 valence electrons. The van der Waals surface area contributed by atoms with Gasteiger partial charge in [0.2, 0.25) is 0 Å². The third kappa shape index (κ3) is 1.95. The summed E-state index contributed by atoms with van der Waals surface area (Å²) in [4.78, 5) is 0. The van der Waals surface area contributed by atoms with Gasteiger partial charge in [0.15, 0.2) is 0 Å². The third-order valence-corrected chi connectivity index (χ3v) is 2.23. The summed E-state index contributed by atoms with van der Waals surface area (Å²) in [5, 5.41) is 18.3. The van der Waals surface area contributed by atoms with E-state index in [0.29, 0.717) is 6.42 Å². The molecule has 12 heavy (non-hydrogen) atoms. The molecule has 4 heteroatoms. The second kappa shape index (κ2) is 4.18. The Morgan fingerprint density at radius 1 is 1.58 bits per heavy atom. The molecule has 0 aromatic carbocycles. The maximum absolute atomic E-state index is 9.52. The minimum absolute atomic E-state index is 0.0438. The van der Waals surface area contributed by atoms with Crippen molar-refractivity contribution in [3.63, 3.8) is 0 Å². The minimum Gasteiger partial charge on any atom is -0.394 e.